The molecule has 122 valence electrons. The molecule has 1 aliphatic rings. The molecular weight excluding hydrogens is 292 g/mol. The van der Waals surface area contributed by atoms with E-state index in [1.54, 1.807) is 0 Å². The monoisotopic (exact) mass is 313 g/mol. The summed E-state index contributed by atoms with van der Waals surface area (Å²) in [4.78, 5) is 12.5. The van der Waals surface area contributed by atoms with Gasteiger partial charge in [-0.15, -0.1) is 0 Å². The number of hydrogen-bond donors (Lipinski definition) is 1. The van der Waals surface area contributed by atoms with E-state index in [1.165, 1.54) is 0 Å². The van der Waals surface area contributed by atoms with Gasteiger partial charge in [0, 0.05) is 31.5 Å². The molecule has 1 saturated heterocycles. The fourth-order valence-electron chi connectivity index (χ4n) is 2.91. The van der Waals surface area contributed by atoms with E-state index in [-0.39, 0.29) is 32.0 Å². The Morgan fingerprint density at radius 1 is 1.45 bits per heavy atom. The van der Waals surface area contributed by atoms with Crippen LogP contribution < -0.4 is 0 Å². The van der Waals surface area contributed by atoms with Gasteiger partial charge in [-0.2, -0.15) is 0 Å². The molecule has 4 nitrogen and oxygen atoms in total. The fourth-order valence-corrected chi connectivity index (χ4v) is 2.91. The number of carboxylic acid groups (broad SMARTS) is 1. The minimum absolute atomic E-state index is 0.000929. The fraction of sp³-hybridized carbons (Fsp3) is 0.562. The average Bonchev–Trinajstić information content (AvgIpc) is 2.46. The highest BCUT2D eigenvalue weighted by Crippen LogP contribution is 2.36. The Labute approximate surface area is 128 Å². The number of carboxylic acids is 1. The Kier molecular flexibility index (Phi) is 5.47. The molecule has 1 aromatic rings. The first-order valence-electron chi connectivity index (χ1n) is 7.37. The van der Waals surface area contributed by atoms with Crippen LogP contribution in [0.3, 0.4) is 0 Å². The molecule has 0 aromatic heterocycles. The van der Waals surface area contributed by atoms with Crippen LogP contribution >= 0.6 is 0 Å². The summed E-state index contributed by atoms with van der Waals surface area (Å²) in [5.74, 6) is -3.81. The van der Waals surface area contributed by atoms with Gasteiger partial charge < -0.3 is 9.84 Å². The summed E-state index contributed by atoms with van der Waals surface area (Å²) in [6.45, 7) is 1.78. The molecule has 0 aliphatic carbocycles. The van der Waals surface area contributed by atoms with Gasteiger partial charge >= 0.3 is 5.97 Å². The van der Waals surface area contributed by atoms with Crippen LogP contribution in [-0.4, -0.2) is 47.7 Å². The highest BCUT2D eigenvalue weighted by Gasteiger charge is 2.41. The quantitative estimate of drug-likeness (QED) is 0.877. The number of carbonyl (C=O) groups is 1. The number of halogens is 2. The Morgan fingerprint density at radius 3 is 2.77 bits per heavy atom. The van der Waals surface area contributed by atoms with Crippen LogP contribution in [0.25, 0.3) is 0 Å². The molecule has 0 radical (unpaired) electrons. The van der Waals surface area contributed by atoms with Crippen molar-refractivity contribution in [3.8, 4) is 0 Å². The molecule has 1 heterocycles. The Hall–Kier alpha value is -1.53. The SMILES string of the molecule is CC(c1ccccc1)N1CCC(F)(F)C[C@H]1COCC(=O)O. The molecule has 0 spiro atoms. The molecule has 1 unspecified atom stereocenters. The van der Waals surface area contributed by atoms with Crippen molar-refractivity contribution in [2.24, 2.45) is 0 Å². The van der Waals surface area contributed by atoms with Gasteiger partial charge in [0.1, 0.15) is 6.61 Å². The van der Waals surface area contributed by atoms with Gasteiger partial charge in [0.25, 0.3) is 5.92 Å². The first-order valence-corrected chi connectivity index (χ1v) is 7.37. The van der Waals surface area contributed by atoms with Crippen molar-refractivity contribution in [1.29, 1.82) is 0 Å². The third-order valence-electron chi connectivity index (χ3n) is 4.05. The van der Waals surface area contributed by atoms with E-state index >= 15 is 0 Å². The zero-order chi connectivity index (χ0) is 16.2. The summed E-state index contributed by atoms with van der Waals surface area (Å²) in [6.07, 6.45) is -0.483. The normalized spacial score (nSPS) is 23.1. The molecule has 2 rings (SSSR count). The zero-order valence-electron chi connectivity index (χ0n) is 12.5. The first kappa shape index (κ1) is 16.8. The van der Waals surface area contributed by atoms with E-state index in [2.05, 4.69) is 0 Å². The molecule has 0 bridgehead atoms. The van der Waals surface area contributed by atoms with Crippen molar-refractivity contribution in [2.45, 2.75) is 37.8 Å². The van der Waals surface area contributed by atoms with Gasteiger partial charge in [-0.25, -0.2) is 13.6 Å². The second-order valence-electron chi connectivity index (χ2n) is 5.70. The number of ether oxygens (including phenoxy) is 1. The van der Waals surface area contributed by atoms with Crippen LogP contribution in [0.2, 0.25) is 0 Å². The summed E-state index contributed by atoms with van der Waals surface area (Å²) in [5.41, 5.74) is 1.05. The molecule has 0 saturated carbocycles. The van der Waals surface area contributed by atoms with Crippen molar-refractivity contribution in [1.82, 2.24) is 4.90 Å². The Morgan fingerprint density at radius 2 is 2.14 bits per heavy atom. The number of aliphatic carboxylic acids is 1. The van der Waals surface area contributed by atoms with Gasteiger partial charge in [-0.3, -0.25) is 4.90 Å². The smallest absolute Gasteiger partial charge is 0.329 e. The van der Waals surface area contributed by atoms with Crippen LogP contribution in [-0.2, 0) is 9.53 Å². The number of likely N-dealkylation sites (tertiary alicyclic amines) is 1. The lowest BCUT2D eigenvalue weighted by molar-refractivity contribution is -0.144. The van der Waals surface area contributed by atoms with Crippen molar-refractivity contribution < 1.29 is 23.4 Å². The predicted molar refractivity (Wildman–Crippen MR) is 78.0 cm³/mol. The number of rotatable bonds is 6. The van der Waals surface area contributed by atoms with E-state index in [9.17, 15) is 13.6 Å². The molecule has 22 heavy (non-hydrogen) atoms. The molecule has 2 atom stereocenters. The van der Waals surface area contributed by atoms with Crippen molar-refractivity contribution >= 4 is 5.97 Å². The molecule has 1 N–H and O–H groups in total. The van der Waals surface area contributed by atoms with Crippen molar-refractivity contribution in [3.63, 3.8) is 0 Å². The van der Waals surface area contributed by atoms with E-state index < -0.39 is 24.5 Å². The largest absolute Gasteiger partial charge is 0.480 e. The van der Waals surface area contributed by atoms with Crippen LogP contribution in [0, 0.1) is 0 Å². The second-order valence-corrected chi connectivity index (χ2v) is 5.70. The van der Waals surface area contributed by atoms with Gasteiger partial charge in [-0.05, 0) is 12.5 Å². The lowest BCUT2D eigenvalue weighted by Crippen LogP contribution is -2.50. The second kappa shape index (κ2) is 7.15. The minimum atomic E-state index is -2.72. The van der Waals surface area contributed by atoms with Crippen LogP contribution in [0.15, 0.2) is 30.3 Å². The van der Waals surface area contributed by atoms with E-state index in [0.29, 0.717) is 0 Å². The maximum atomic E-state index is 13.7. The Bertz CT molecular complexity index is 495. The van der Waals surface area contributed by atoms with Crippen LogP contribution in [0.5, 0.6) is 0 Å². The topological polar surface area (TPSA) is 49.8 Å². The summed E-state index contributed by atoms with van der Waals surface area (Å²) in [6, 6.07) is 9.17. The zero-order valence-corrected chi connectivity index (χ0v) is 12.5. The van der Waals surface area contributed by atoms with Gasteiger partial charge in [-0.1, -0.05) is 30.3 Å². The van der Waals surface area contributed by atoms with E-state index in [0.717, 1.165) is 5.56 Å². The number of benzene rings is 1. The molecule has 6 heteroatoms. The molecule has 1 fully saturated rings. The van der Waals surface area contributed by atoms with Gasteiger partial charge in [0.15, 0.2) is 0 Å². The molecule has 1 aromatic carbocycles. The van der Waals surface area contributed by atoms with Crippen LogP contribution in [0.1, 0.15) is 31.4 Å². The number of alkyl halides is 2. The summed E-state index contributed by atoms with van der Waals surface area (Å²) >= 11 is 0. The summed E-state index contributed by atoms with van der Waals surface area (Å²) < 4.78 is 32.4. The van der Waals surface area contributed by atoms with Crippen LogP contribution in [0.4, 0.5) is 8.78 Å². The Balaban J connectivity index is 2.07. The lowest BCUT2D eigenvalue weighted by Gasteiger charge is -2.42. The van der Waals surface area contributed by atoms with Crippen molar-refractivity contribution in [3.05, 3.63) is 35.9 Å². The van der Waals surface area contributed by atoms with Crippen molar-refractivity contribution in [2.75, 3.05) is 19.8 Å². The number of piperidine rings is 1. The maximum absolute atomic E-state index is 13.7. The number of nitrogens with zero attached hydrogens (tertiary/aromatic N) is 1. The standard InChI is InChI=1S/C16H21F2NO3/c1-12(13-5-3-2-4-6-13)19-8-7-16(17,18)9-14(19)10-22-11-15(20)21/h2-6,12,14H,7-11H2,1H3,(H,20,21)/t12?,14-/m0/s1. The number of hydrogen-bond acceptors (Lipinski definition) is 3. The highest BCUT2D eigenvalue weighted by atomic mass is 19.3. The first-order chi connectivity index (χ1) is 10.4. The third-order valence-corrected chi connectivity index (χ3v) is 4.05. The third kappa shape index (κ3) is 4.48. The van der Waals surface area contributed by atoms with Gasteiger partial charge in [0.05, 0.1) is 6.61 Å². The lowest BCUT2D eigenvalue weighted by atomic mass is 9.95. The minimum Gasteiger partial charge on any atom is -0.480 e. The molecular formula is C16H21F2NO3. The maximum Gasteiger partial charge on any atom is 0.329 e. The summed E-state index contributed by atoms with van der Waals surface area (Å²) in [7, 11) is 0. The average molecular weight is 313 g/mol. The summed E-state index contributed by atoms with van der Waals surface area (Å²) in [5, 5.41) is 8.61. The van der Waals surface area contributed by atoms with E-state index in [1.807, 2.05) is 42.2 Å². The van der Waals surface area contributed by atoms with E-state index in [4.69, 9.17) is 9.84 Å². The van der Waals surface area contributed by atoms with Gasteiger partial charge in [0.2, 0.25) is 0 Å². The highest BCUT2D eigenvalue weighted by molar-refractivity contribution is 5.67. The molecule has 0 amide bonds. The molecule has 1 aliphatic heterocycles. The predicted octanol–water partition coefficient (Wildman–Crippen LogP) is 2.95.